The van der Waals surface area contributed by atoms with Gasteiger partial charge in [0.05, 0.1) is 0 Å². The summed E-state index contributed by atoms with van der Waals surface area (Å²) in [5.74, 6) is -1.33. The zero-order valence-corrected chi connectivity index (χ0v) is 10.6. The Morgan fingerprint density at radius 2 is 1.89 bits per heavy atom. The normalized spacial score (nSPS) is 12.6. The second kappa shape index (κ2) is 4.99. The third-order valence-corrected chi connectivity index (χ3v) is 2.70. The summed E-state index contributed by atoms with van der Waals surface area (Å²) in [7, 11) is 0. The van der Waals surface area contributed by atoms with Crippen LogP contribution in [0, 0.1) is 5.41 Å². The van der Waals surface area contributed by atoms with Crippen LogP contribution in [0.15, 0.2) is 6.07 Å². The Kier molecular flexibility index (Phi) is 4.03. The SMILES string of the molecule is CCC(C)(C)CNc1cc(N)nc(C(F)(F)F)n1. The highest BCUT2D eigenvalue weighted by Gasteiger charge is 2.35. The van der Waals surface area contributed by atoms with Crippen molar-refractivity contribution in [2.75, 3.05) is 17.6 Å². The summed E-state index contributed by atoms with van der Waals surface area (Å²) in [5.41, 5.74) is 5.31. The van der Waals surface area contributed by atoms with Gasteiger partial charge in [-0.25, -0.2) is 9.97 Å². The molecule has 7 heteroatoms. The number of halogens is 3. The van der Waals surface area contributed by atoms with E-state index in [2.05, 4.69) is 15.3 Å². The Balaban J connectivity index is 2.88. The van der Waals surface area contributed by atoms with E-state index >= 15 is 0 Å². The van der Waals surface area contributed by atoms with Crippen LogP contribution in [0.3, 0.4) is 0 Å². The fourth-order valence-electron chi connectivity index (χ4n) is 1.14. The van der Waals surface area contributed by atoms with Gasteiger partial charge in [-0.05, 0) is 11.8 Å². The summed E-state index contributed by atoms with van der Waals surface area (Å²) < 4.78 is 37.4. The van der Waals surface area contributed by atoms with Crippen molar-refractivity contribution in [1.29, 1.82) is 0 Å². The number of nitrogens with two attached hydrogens (primary N) is 1. The highest BCUT2D eigenvalue weighted by molar-refractivity contribution is 5.45. The van der Waals surface area contributed by atoms with Crippen LogP contribution in [-0.2, 0) is 6.18 Å². The molecule has 0 saturated carbocycles. The van der Waals surface area contributed by atoms with E-state index in [1.165, 1.54) is 6.07 Å². The predicted octanol–water partition coefficient (Wildman–Crippen LogP) is 2.93. The molecule has 4 nitrogen and oxygen atoms in total. The maximum Gasteiger partial charge on any atom is 0.451 e. The first kappa shape index (κ1) is 14.5. The monoisotopic (exact) mass is 262 g/mol. The third kappa shape index (κ3) is 4.05. The molecule has 0 fully saturated rings. The molecule has 0 radical (unpaired) electrons. The zero-order valence-electron chi connectivity index (χ0n) is 10.6. The van der Waals surface area contributed by atoms with Crippen LogP contribution >= 0.6 is 0 Å². The van der Waals surface area contributed by atoms with Crippen molar-refractivity contribution < 1.29 is 13.2 Å². The van der Waals surface area contributed by atoms with Crippen molar-refractivity contribution in [3.63, 3.8) is 0 Å². The fourth-order valence-corrected chi connectivity index (χ4v) is 1.14. The van der Waals surface area contributed by atoms with Gasteiger partial charge in [-0.15, -0.1) is 0 Å². The molecule has 0 spiro atoms. The first-order chi connectivity index (χ1) is 8.14. The number of hydrogen-bond acceptors (Lipinski definition) is 4. The summed E-state index contributed by atoms with van der Waals surface area (Å²) in [6.07, 6.45) is -3.70. The van der Waals surface area contributed by atoms with E-state index in [0.717, 1.165) is 6.42 Å². The van der Waals surface area contributed by atoms with E-state index in [-0.39, 0.29) is 17.1 Å². The molecular weight excluding hydrogens is 245 g/mol. The molecule has 0 aliphatic heterocycles. The second-order valence-electron chi connectivity index (χ2n) is 4.87. The molecule has 1 rings (SSSR count). The number of nitrogens with one attached hydrogen (secondary N) is 1. The molecule has 102 valence electrons. The summed E-state index contributed by atoms with van der Waals surface area (Å²) in [5, 5.41) is 2.86. The van der Waals surface area contributed by atoms with Gasteiger partial charge in [0.15, 0.2) is 0 Å². The van der Waals surface area contributed by atoms with Crippen molar-refractivity contribution in [2.45, 2.75) is 33.4 Å². The van der Waals surface area contributed by atoms with Crippen molar-refractivity contribution in [3.8, 4) is 0 Å². The summed E-state index contributed by atoms with van der Waals surface area (Å²) >= 11 is 0. The number of nitrogen functional groups attached to an aromatic ring is 1. The van der Waals surface area contributed by atoms with Crippen LogP contribution in [0.25, 0.3) is 0 Å². The van der Waals surface area contributed by atoms with Gasteiger partial charge in [0.25, 0.3) is 0 Å². The first-order valence-electron chi connectivity index (χ1n) is 5.60. The van der Waals surface area contributed by atoms with E-state index in [0.29, 0.717) is 6.54 Å². The largest absolute Gasteiger partial charge is 0.451 e. The molecule has 0 bridgehead atoms. The molecule has 0 unspecified atom stereocenters. The van der Waals surface area contributed by atoms with Gasteiger partial charge in [0, 0.05) is 12.6 Å². The van der Waals surface area contributed by atoms with E-state index in [1.54, 1.807) is 0 Å². The van der Waals surface area contributed by atoms with Gasteiger partial charge in [-0.1, -0.05) is 20.8 Å². The highest BCUT2D eigenvalue weighted by Crippen LogP contribution is 2.28. The molecule has 0 saturated heterocycles. The van der Waals surface area contributed by atoms with Crippen LogP contribution in [0.2, 0.25) is 0 Å². The first-order valence-corrected chi connectivity index (χ1v) is 5.60. The lowest BCUT2D eigenvalue weighted by Gasteiger charge is -2.23. The Morgan fingerprint density at radius 3 is 2.39 bits per heavy atom. The van der Waals surface area contributed by atoms with Gasteiger partial charge in [-0.3, -0.25) is 0 Å². The Bertz CT molecular complexity index is 415. The van der Waals surface area contributed by atoms with E-state index in [4.69, 9.17) is 5.73 Å². The lowest BCUT2D eigenvalue weighted by Crippen LogP contribution is -2.23. The minimum absolute atomic E-state index is 0.0297. The molecule has 3 N–H and O–H groups in total. The van der Waals surface area contributed by atoms with Crippen molar-refractivity contribution in [3.05, 3.63) is 11.9 Å². The minimum atomic E-state index is -4.59. The maximum atomic E-state index is 12.5. The zero-order chi connectivity index (χ0) is 14.0. The van der Waals surface area contributed by atoms with Crippen LogP contribution in [-0.4, -0.2) is 16.5 Å². The van der Waals surface area contributed by atoms with Gasteiger partial charge in [-0.2, -0.15) is 13.2 Å². The summed E-state index contributed by atoms with van der Waals surface area (Å²) in [4.78, 5) is 6.59. The number of rotatable bonds is 4. The Hall–Kier alpha value is -1.53. The minimum Gasteiger partial charge on any atom is -0.384 e. The summed E-state index contributed by atoms with van der Waals surface area (Å²) in [6.45, 7) is 6.54. The molecule has 0 aliphatic carbocycles. The van der Waals surface area contributed by atoms with Crippen molar-refractivity contribution >= 4 is 11.6 Å². The van der Waals surface area contributed by atoms with E-state index in [9.17, 15) is 13.2 Å². The molecule has 1 aromatic heterocycles. The van der Waals surface area contributed by atoms with Gasteiger partial charge < -0.3 is 11.1 Å². The molecule has 0 amide bonds. The Morgan fingerprint density at radius 1 is 1.28 bits per heavy atom. The van der Waals surface area contributed by atoms with Gasteiger partial charge >= 0.3 is 6.18 Å². The second-order valence-corrected chi connectivity index (χ2v) is 4.87. The standard InChI is InChI=1S/C11H17F3N4/c1-4-10(2,3)6-16-8-5-7(15)17-9(18-8)11(12,13)14/h5H,4,6H2,1-3H3,(H3,15,16,17,18). The molecule has 0 aliphatic rings. The highest BCUT2D eigenvalue weighted by atomic mass is 19.4. The number of nitrogens with zero attached hydrogens (tertiary/aromatic N) is 2. The third-order valence-electron chi connectivity index (χ3n) is 2.70. The fraction of sp³-hybridized carbons (Fsp3) is 0.636. The molecule has 1 aromatic rings. The van der Waals surface area contributed by atoms with Crippen LogP contribution in [0.4, 0.5) is 24.8 Å². The number of aromatic nitrogens is 2. The van der Waals surface area contributed by atoms with Gasteiger partial charge in [0.1, 0.15) is 11.6 Å². The number of hydrogen-bond donors (Lipinski definition) is 2. The van der Waals surface area contributed by atoms with Crippen molar-refractivity contribution in [2.24, 2.45) is 5.41 Å². The van der Waals surface area contributed by atoms with E-state index in [1.807, 2.05) is 20.8 Å². The molecule has 0 aromatic carbocycles. The number of alkyl halides is 3. The molecule has 18 heavy (non-hydrogen) atoms. The van der Waals surface area contributed by atoms with Gasteiger partial charge in [0.2, 0.25) is 5.82 Å². The lowest BCUT2D eigenvalue weighted by molar-refractivity contribution is -0.144. The molecular formula is C11H17F3N4. The van der Waals surface area contributed by atoms with Crippen molar-refractivity contribution in [1.82, 2.24) is 9.97 Å². The smallest absolute Gasteiger partial charge is 0.384 e. The topological polar surface area (TPSA) is 63.8 Å². The average molecular weight is 262 g/mol. The van der Waals surface area contributed by atoms with Crippen LogP contribution in [0.1, 0.15) is 33.0 Å². The molecule has 1 heterocycles. The quantitative estimate of drug-likeness (QED) is 0.875. The average Bonchev–Trinajstić information content (AvgIpc) is 2.25. The summed E-state index contributed by atoms with van der Waals surface area (Å²) in [6, 6.07) is 1.29. The van der Waals surface area contributed by atoms with Crippen LogP contribution in [0.5, 0.6) is 0 Å². The maximum absolute atomic E-state index is 12.5. The van der Waals surface area contributed by atoms with Crippen LogP contribution < -0.4 is 11.1 Å². The number of anilines is 2. The van der Waals surface area contributed by atoms with E-state index < -0.39 is 12.0 Å². The predicted molar refractivity (Wildman–Crippen MR) is 64.0 cm³/mol. The lowest BCUT2D eigenvalue weighted by atomic mass is 9.90. The molecule has 0 atom stereocenters. The Labute approximate surface area is 104 Å².